The number of unbranched alkanes of at least 4 members (excludes halogenated alkanes) is 5. The van der Waals surface area contributed by atoms with Crippen molar-refractivity contribution in [3.63, 3.8) is 0 Å². The molecule has 0 spiro atoms. The second kappa shape index (κ2) is 7.52. The molecule has 0 aliphatic carbocycles. The third-order valence-electron chi connectivity index (χ3n) is 3.36. The number of benzene rings is 1. The summed E-state index contributed by atoms with van der Waals surface area (Å²) in [5.41, 5.74) is 0. The Bertz CT molecular complexity index is 487. The Hall–Kier alpha value is -0.0405. The number of hydrogen-bond acceptors (Lipinski definition) is 0. The van der Waals surface area contributed by atoms with Crippen molar-refractivity contribution in [2.24, 2.45) is 0 Å². The van der Waals surface area contributed by atoms with Crippen LogP contribution >= 0.6 is 15.9 Å². The van der Waals surface area contributed by atoms with Gasteiger partial charge in [-0.05, 0) is 0 Å². The molecule has 2 rings (SSSR count). The van der Waals surface area contributed by atoms with Crippen LogP contribution in [0.3, 0.4) is 0 Å². The summed E-state index contributed by atoms with van der Waals surface area (Å²) in [4.78, 5) is 0. The maximum atomic E-state index is 3.79. The van der Waals surface area contributed by atoms with Gasteiger partial charge in [0.15, 0.2) is 0 Å². The molecule has 18 heavy (non-hydrogen) atoms. The average Bonchev–Trinajstić information content (AvgIpc) is 2.71. The summed E-state index contributed by atoms with van der Waals surface area (Å²) in [6, 6.07) is 8.83. The zero-order valence-electron chi connectivity index (χ0n) is 11.0. The third kappa shape index (κ3) is 3.73. The first-order valence-electron chi connectivity index (χ1n) is 6.99. The first-order chi connectivity index (χ1) is 8.83. The van der Waals surface area contributed by atoms with Crippen LogP contribution in [0, 0.1) is 0 Å². The van der Waals surface area contributed by atoms with Crippen LogP contribution in [0.25, 0.3) is 9.65 Å². The van der Waals surface area contributed by atoms with Gasteiger partial charge in [0, 0.05) is 0 Å². The van der Waals surface area contributed by atoms with E-state index < -0.39 is 0 Å². The van der Waals surface area contributed by atoms with Crippen LogP contribution < -0.4 is 0 Å². The van der Waals surface area contributed by atoms with E-state index in [9.17, 15) is 0 Å². The van der Waals surface area contributed by atoms with Gasteiger partial charge in [0.1, 0.15) is 0 Å². The Morgan fingerprint density at radius 3 is 2.50 bits per heavy atom. The quantitative estimate of drug-likeness (QED) is 0.441. The molecule has 0 fully saturated rings. The molecular formula is C16H21BrSe. The molecule has 0 saturated carbocycles. The average molecular weight is 372 g/mol. The molecule has 0 radical (unpaired) electrons. The molecule has 0 aliphatic heterocycles. The molecule has 98 valence electrons. The summed E-state index contributed by atoms with van der Waals surface area (Å²) in [7, 11) is 0. The number of aryl methyl sites for hydroxylation is 1. The molecule has 1 aromatic carbocycles. The molecule has 0 atom stereocenters. The van der Waals surface area contributed by atoms with Crippen LogP contribution in [-0.2, 0) is 6.42 Å². The van der Waals surface area contributed by atoms with E-state index in [1.165, 1.54) is 54.8 Å². The normalized spacial score (nSPS) is 11.2. The molecule has 0 N–H and O–H groups in total. The van der Waals surface area contributed by atoms with Crippen molar-refractivity contribution in [3.05, 3.63) is 33.2 Å². The minimum absolute atomic E-state index is 0.568. The second-order valence-electron chi connectivity index (χ2n) is 4.85. The van der Waals surface area contributed by atoms with Gasteiger partial charge in [-0.2, -0.15) is 0 Å². The van der Waals surface area contributed by atoms with Crippen molar-refractivity contribution in [2.75, 3.05) is 0 Å². The Labute approximate surface area is 125 Å². The van der Waals surface area contributed by atoms with Crippen molar-refractivity contribution in [2.45, 2.75) is 51.9 Å². The maximum absolute atomic E-state index is 3.79. The molecule has 0 unspecified atom stereocenters. The first kappa shape index (κ1) is 14.4. The van der Waals surface area contributed by atoms with Gasteiger partial charge in [0.25, 0.3) is 0 Å². The van der Waals surface area contributed by atoms with Gasteiger partial charge in [-0.25, -0.2) is 0 Å². The van der Waals surface area contributed by atoms with Crippen molar-refractivity contribution < 1.29 is 0 Å². The van der Waals surface area contributed by atoms with E-state index in [1.807, 2.05) is 0 Å². The van der Waals surface area contributed by atoms with Gasteiger partial charge in [0.05, 0.1) is 0 Å². The molecule has 0 saturated heterocycles. The van der Waals surface area contributed by atoms with Gasteiger partial charge in [-0.15, -0.1) is 0 Å². The fourth-order valence-corrected chi connectivity index (χ4v) is 5.94. The van der Waals surface area contributed by atoms with Crippen molar-refractivity contribution >= 4 is 40.1 Å². The molecule has 1 aromatic heterocycles. The van der Waals surface area contributed by atoms with Gasteiger partial charge < -0.3 is 0 Å². The van der Waals surface area contributed by atoms with E-state index in [2.05, 4.69) is 47.1 Å². The minimum atomic E-state index is 0.568. The van der Waals surface area contributed by atoms with E-state index in [0.29, 0.717) is 14.5 Å². The number of hydrogen-bond donors (Lipinski definition) is 0. The summed E-state index contributed by atoms with van der Waals surface area (Å²) in [5, 5.41) is 1.44. The second-order valence-corrected chi connectivity index (χ2v) is 8.03. The fraction of sp³-hybridized carbons (Fsp3) is 0.500. The van der Waals surface area contributed by atoms with E-state index in [1.54, 1.807) is 8.70 Å². The van der Waals surface area contributed by atoms with E-state index in [0.717, 1.165) is 0 Å². The monoisotopic (exact) mass is 372 g/mol. The number of fused-ring (bicyclic) bond motifs is 1. The molecule has 2 aromatic rings. The van der Waals surface area contributed by atoms with Crippen molar-refractivity contribution in [1.29, 1.82) is 0 Å². The standard InChI is InChI=1S/C16H21BrSe/c1-2-3-4-5-6-7-12-15-16(17)13-10-8-9-11-14(13)18-15/h8-11H,2-7,12H2,1H3. The zero-order valence-corrected chi connectivity index (χ0v) is 14.3. The SMILES string of the molecule is CCCCCCCCc1[se]c2ccccc2c1Br. The van der Waals surface area contributed by atoms with Crippen LogP contribution in [0.5, 0.6) is 0 Å². The van der Waals surface area contributed by atoms with E-state index in [-0.39, 0.29) is 0 Å². The number of halogens is 1. The van der Waals surface area contributed by atoms with Gasteiger partial charge in [0.2, 0.25) is 0 Å². The predicted octanol–water partition coefficient (Wildman–Crippen LogP) is 5.56. The summed E-state index contributed by atoms with van der Waals surface area (Å²) in [6.07, 6.45) is 9.64. The summed E-state index contributed by atoms with van der Waals surface area (Å²) in [5.74, 6) is 0. The van der Waals surface area contributed by atoms with Gasteiger partial charge in [-0.1, -0.05) is 0 Å². The Kier molecular flexibility index (Phi) is 6.01. The molecule has 0 aliphatic rings. The van der Waals surface area contributed by atoms with Gasteiger partial charge in [-0.3, -0.25) is 0 Å². The summed E-state index contributed by atoms with van der Waals surface area (Å²) < 4.78 is 4.61. The molecule has 0 amide bonds. The van der Waals surface area contributed by atoms with Crippen LogP contribution in [0.15, 0.2) is 28.7 Å². The topological polar surface area (TPSA) is 0 Å². The Morgan fingerprint density at radius 1 is 1.00 bits per heavy atom. The van der Waals surface area contributed by atoms with Crippen LogP contribution in [0.1, 0.15) is 49.9 Å². The predicted molar refractivity (Wildman–Crippen MR) is 85.7 cm³/mol. The van der Waals surface area contributed by atoms with Gasteiger partial charge >= 0.3 is 125 Å². The van der Waals surface area contributed by atoms with E-state index >= 15 is 0 Å². The Morgan fingerprint density at radius 2 is 1.72 bits per heavy atom. The summed E-state index contributed by atoms with van der Waals surface area (Å²) in [6.45, 7) is 2.28. The van der Waals surface area contributed by atoms with Crippen molar-refractivity contribution in [3.8, 4) is 0 Å². The molecule has 0 nitrogen and oxygen atoms in total. The molecular weight excluding hydrogens is 351 g/mol. The molecule has 0 bridgehead atoms. The Balaban J connectivity index is 1.86. The summed E-state index contributed by atoms with van der Waals surface area (Å²) >= 11 is 4.36. The molecule has 1 heterocycles. The fourth-order valence-electron chi connectivity index (χ4n) is 2.29. The third-order valence-corrected chi connectivity index (χ3v) is 7.44. The van der Waals surface area contributed by atoms with E-state index in [4.69, 9.17) is 0 Å². The van der Waals surface area contributed by atoms with Crippen LogP contribution in [0.2, 0.25) is 0 Å². The van der Waals surface area contributed by atoms with Crippen molar-refractivity contribution in [1.82, 2.24) is 0 Å². The van der Waals surface area contributed by atoms with Crippen LogP contribution in [-0.4, -0.2) is 14.5 Å². The first-order valence-corrected chi connectivity index (χ1v) is 9.49. The molecule has 2 heteroatoms. The number of rotatable bonds is 7. The zero-order chi connectivity index (χ0) is 12.8. The van der Waals surface area contributed by atoms with Crippen LogP contribution in [0.4, 0.5) is 0 Å².